The van der Waals surface area contributed by atoms with Crippen LogP contribution in [0.3, 0.4) is 0 Å². The Hall–Kier alpha value is -3.86. The van der Waals surface area contributed by atoms with Crippen molar-refractivity contribution in [2.24, 2.45) is 0 Å². The van der Waals surface area contributed by atoms with Crippen LogP contribution in [0.5, 0.6) is 0 Å². The Bertz CT molecular complexity index is 1520. The second-order valence-electron chi connectivity index (χ2n) is 7.97. The SMILES string of the molecule is O=C(NCc1ncn2ccc(Cl)c(F)c12)c1cn(Cc2nc3cc(C4CC4)ccn3n2)nn1. The Morgan fingerprint density at radius 1 is 1.27 bits per heavy atom. The number of rotatable bonds is 6. The Balaban J connectivity index is 1.14. The summed E-state index contributed by atoms with van der Waals surface area (Å²) in [7, 11) is 0. The third kappa shape index (κ3) is 3.69. The highest BCUT2D eigenvalue weighted by Gasteiger charge is 2.24. The van der Waals surface area contributed by atoms with Crippen LogP contribution in [-0.2, 0) is 13.1 Å². The van der Waals surface area contributed by atoms with Crippen LogP contribution in [-0.4, -0.2) is 44.9 Å². The first-order valence-corrected chi connectivity index (χ1v) is 10.8. The van der Waals surface area contributed by atoms with Crippen molar-refractivity contribution in [3.63, 3.8) is 0 Å². The molecule has 0 aliphatic heterocycles. The number of imidazole rings is 1. The molecule has 1 aliphatic rings. The summed E-state index contributed by atoms with van der Waals surface area (Å²) in [5.41, 5.74) is 2.77. The van der Waals surface area contributed by atoms with Gasteiger partial charge in [-0.25, -0.2) is 23.6 Å². The standard InChI is InChI=1S/C21H17ClFN9O/c22-14-4-5-30-11-25-15(20(30)19(14)23)8-24-21(33)16-9-31(29-27-16)10-17-26-18-7-13(12-1-2-12)3-6-32(18)28-17/h3-7,9,11-12H,1-2,8,10H2,(H,24,33). The van der Waals surface area contributed by atoms with Crippen LogP contribution in [0.15, 0.2) is 43.1 Å². The van der Waals surface area contributed by atoms with Gasteiger partial charge < -0.3 is 9.72 Å². The minimum atomic E-state index is -0.587. The van der Waals surface area contributed by atoms with Crippen molar-refractivity contribution in [2.45, 2.75) is 31.8 Å². The van der Waals surface area contributed by atoms with Crippen molar-refractivity contribution >= 4 is 28.7 Å². The van der Waals surface area contributed by atoms with Crippen LogP contribution in [0.25, 0.3) is 11.2 Å². The van der Waals surface area contributed by atoms with E-state index in [2.05, 4.69) is 42.8 Å². The molecule has 6 rings (SSSR count). The summed E-state index contributed by atoms with van der Waals surface area (Å²) >= 11 is 5.86. The lowest BCUT2D eigenvalue weighted by Crippen LogP contribution is -2.23. The summed E-state index contributed by atoms with van der Waals surface area (Å²) in [6, 6.07) is 5.57. The van der Waals surface area contributed by atoms with E-state index in [1.165, 1.54) is 46.1 Å². The fourth-order valence-electron chi connectivity index (χ4n) is 3.77. The number of aromatic nitrogens is 8. The molecule has 0 saturated heterocycles. The molecule has 1 amide bonds. The third-order valence-electron chi connectivity index (χ3n) is 5.61. The summed E-state index contributed by atoms with van der Waals surface area (Å²) in [5, 5.41) is 15.1. The lowest BCUT2D eigenvalue weighted by molar-refractivity contribution is 0.0945. The molecule has 1 aliphatic carbocycles. The molecule has 5 aromatic heterocycles. The van der Waals surface area contributed by atoms with Crippen molar-refractivity contribution in [1.82, 2.24) is 44.3 Å². The van der Waals surface area contributed by atoms with Crippen molar-refractivity contribution in [3.8, 4) is 0 Å². The van der Waals surface area contributed by atoms with Crippen molar-refractivity contribution in [1.29, 1.82) is 0 Å². The molecule has 166 valence electrons. The molecule has 0 aromatic carbocycles. The molecule has 1 N–H and O–H groups in total. The normalized spacial score (nSPS) is 13.8. The first kappa shape index (κ1) is 19.8. The monoisotopic (exact) mass is 465 g/mol. The van der Waals surface area contributed by atoms with Gasteiger partial charge in [0.25, 0.3) is 5.91 Å². The lowest BCUT2D eigenvalue weighted by Gasteiger charge is -2.03. The van der Waals surface area contributed by atoms with Gasteiger partial charge in [0.05, 0.1) is 29.8 Å². The van der Waals surface area contributed by atoms with E-state index in [1.807, 2.05) is 6.20 Å². The molecule has 0 spiro atoms. The number of nitrogens with one attached hydrogen (secondary N) is 1. The zero-order valence-corrected chi connectivity index (χ0v) is 17.9. The summed E-state index contributed by atoms with van der Waals surface area (Å²) in [5.74, 6) is 0.162. The van der Waals surface area contributed by atoms with E-state index >= 15 is 0 Å². The fraction of sp³-hybridized carbons (Fsp3) is 0.238. The maximum absolute atomic E-state index is 14.3. The van der Waals surface area contributed by atoms with E-state index < -0.39 is 11.7 Å². The smallest absolute Gasteiger partial charge is 0.273 e. The summed E-state index contributed by atoms with van der Waals surface area (Å²) in [6.45, 7) is 0.285. The van der Waals surface area contributed by atoms with Crippen LogP contribution in [0, 0.1) is 5.82 Å². The zero-order valence-electron chi connectivity index (χ0n) is 17.2. The van der Waals surface area contributed by atoms with Crippen LogP contribution in [0.1, 0.15) is 46.3 Å². The highest BCUT2D eigenvalue weighted by molar-refractivity contribution is 6.31. The number of carbonyl (C=O) groups is 1. The molecular weight excluding hydrogens is 449 g/mol. The maximum atomic E-state index is 14.3. The summed E-state index contributed by atoms with van der Waals surface area (Å²) in [6.07, 6.45) is 8.93. The van der Waals surface area contributed by atoms with Crippen molar-refractivity contribution < 1.29 is 9.18 Å². The predicted octanol–water partition coefficient (Wildman–Crippen LogP) is 2.62. The molecule has 10 nitrogen and oxygen atoms in total. The molecule has 5 heterocycles. The van der Waals surface area contributed by atoms with Gasteiger partial charge in [0.15, 0.2) is 23.0 Å². The number of fused-ring (bicyclic) bond motifs is 2. The molecule has 0 unspecified atom stereocenters. The number of hydrogen-bond donors (Lipinski definition) is 1. The highest BCUT2D eigenvalue weighted by atomic mass is 35.5. The Morgan fingerprint density at radius 3 is 3.00 bits per heavy atom. The van der Waals surface area contributed by atoms with E-state index in [4.69, 9.17) is 11.6 Å². The molecule has 12 heteroatoms. The van der Waals surface area contributed by atoms with Gasteiger partial charge in [-0.05, 0) is 42.5 Å². The molecule has 1 fully saturated rings. The molecule has 0 atom stereocenters. The molecule has 5 aromatic rings. The Kier molecular flexibility index (Phi) is 4.57. The van der Waals surface area contributed by atoms with Gasteiger partial charge in [-0.3, -0.25) is 4.79 Å². The topological polar surface area (TPSA) is 107 Å². The van der Waals surface area contributed by atoms with E-state index in [-0.39, 0.29) is 29.3 Å². The third-order valence-corrected chi connectivity index (χ3v) is 5.91. The average Bonchev–Trinajstić information content (AvgIpc) is 3.23. The number of nitrogens with zero attached hydrogens (tertiary/aromatic N) is 8. The molecule has 0 bridgehead atoms. The number of pyridine rings is 2. The van der Waals surface area contributed by atoms with Gasteiger partial charge in [-0.2, -0.15) is 0 Å². The second-order valence-corrected chi connectivity index (χ2v) is 8.38. The minimum absolute atomic E-state index is 0.0107. The van der Waals surface area contributed by atoms with Gasteiger partial charge in [-0.15, -0.1) is 10.2 Å². The van der Waals surface area contributed by atoms with Gasteiger partial charge in [-0.1, -0.05) is 16.8 Å². The first-order chi connectivity index (χ1) is 16.0. The summed E-state index contributed by atoms with van der Waals surface area (Å²) in [4.78, 5) is 21.2. The largest absolute Gasteiger partial charge is 0.345 e. The van der Waals surface area contributed by atoms with Crippen LogP contribution < -0.4 is 5.32 Å². The van der Waals surface area contributed by atoms with Gasteiger partial charge >= 0.3 is 0 Å². The number of amides is 1. The predicted molar refractivity (Wildman–Crippen MR) is 115 cm³/mol. The number of carbonyl (C=O) groups excluding carboxylic acids is 1. The van der Waals surface area contributed by atoms with Crippen LogP contribution in [0.2, 0.25) is 5.02 Å². The van der Waals surface area contributed by atoms with E-state index in [1.54, 1.807) is 10.7 Å². The van der Waals surface area contributed by atoms with Crippen molar-refractivity contribution in [2.75, 3.05) is 0 Å². The number of halogens is 2. The Morgan fingerprint density at radius 2 is 2.15 bits per heavy atom. The van der Waals surface area contributed by atoms with Crippen LogP contribution in [0.4, 0.5) is 4.39 Å². The van der Waals surface area contributed by atoms with E-state index in [9.17, 15) is 9.18 Å². The van der Waals surface area contributed by atoms with E-state index in [0.717, 1.165) is 5.65 Å². The number of hydrogen-bond acceptors (Lipinski definition) is 6. The van der Waals surface area contributed by atoms with Crippen molar-refractivity contribution in [3.05, 3.63) is 76.7 Å². The van der Waals surface area contributed by atoms with Gasteiger partial charge in [0, 0.05) is 12.4 Å². The minimum Gasteiger partial charge on any atom is -0.345 e. The molecule has 33 heavy (non-hydrogen) atoms. The molecule has 0 radical (unpaired) electrons. The maximum Gasteiger partial charge on any atom is 0.273 e. The zero-order chi connectivity index (χ0) is 22.5. The highest BCUT2D eigenvalue weighted by Crippen LogP contribution is 2.40. The molecule has 1 saturated carbocycles. The van der Waals surface area contributed by atoms with Gasteiger partial charge in [0.1, 0.15) is 12.1 Å². The average molecular weight is 466 g/mol. The second kappa shape index (κ2) is 7.62. The quantitative estimate of drug-likeness (QED) is 0.413. The fourth-order valence-corrected chi connectivity index (χ4v) is 3.92. The molecular formula is C21H17ClFN9O. The van der Waals surface area contributed by atoms with Gasteiger partial charge in [0.2, 0.25) is 0 Å². The first-order valence-electron chi connectivity index (χ1n) is 10.4. The van der Waals surface area contributed by atoms with E-state index in [0.29, 0.717) is 17.4 Å². The van der Waals surface area contributed by atoms with Crippen LogP contribution >= 0.6 is 11.6 Å². The lowest BCUT2D eigenvalue weighted by atomic mass is 10.2. The summed E-state index contributed by atoms with van der Waals surface area (Å²) < 4.78 is 19.1. The Labute approximate surface area is 191 Å².